The molecule has 0 aliphatic rings. The SMILES string of the molecule is CCNC(=NCC(O)c1ccc(OC(C)C)cc1)NCCc1c[nH]c2ccccc12. The molecule has 0 saturated heterocycles. The van der Waals surface area contributed by atoms with Gasteiger partial charge in [0.15, 0.2) is 5.96 Å². The number of H-pyrrole nitrogens is 1. The van der Waals surface area contributed by atoms with Crippen molar-refractivity contribution in [3.8, 4) is 5.75 Å². The number of nitrogens with zero attached hydrogens (tertiary/aromatic N) is 1. The average Bonchev–Trinajstić information content (AvgIpc) is 3.15. The van der Waals surface area contributed by atoms with E-state index in [0.29, 0.717) is 5.96 Å². The minimum atomic E-state index is -0.665. The number of guanidine groups is 1. The molecule has 0 fully saturated rings. The number of aliphatic imine (C=N–C) groups is 1. The van der Waals surface area contributed by atoms with Gasteiger partial charge in [-0.1, -0.05) is 30.3 Å². The number of hydrogen-bond donors (Lipinski definition) is 4. The van der Waals surface area contributed by atoms with Gasteiger partial charge in [0.25, 0.3) is 0 Å². The van der Waals surface area contributed by atoms with E-state index in [-0.39, 0.29) is 12.6 Å². The van der Waals surface area contributed by atoms with Crippen molar-refractivity contribution in [2.45, 2.75) is 39.4 Å². The second-order valence-electron chi connectivity index (χ2n) is 7.51. The van der Waals surface area contributed by atoms with Crippen molar-refractivity contribution in [2.75, 3.05) is 19.6 Å². The second-order valence-corrected chi connectivity index (χ2v) is 7.51. The minimum absolute atomic E-state index is 0.128. The fraction of sp³-hybridized carbons (Fsp3) is 0.375. The van der Waals surface area contributed by atoms with E-state index in [2.05, 4.69) is 45.0 Å². The number of benzene rings is 2. The topological polar surface area (TPSA) is 81.7 Å². The number of hydrogen-bond acceptors (Lipinski definition) is 3. The van der Waals surface area contributed by atoms with Gasteiger partial charge in [0.05, 0.1) is 18.8 Å². The number of aliphatic hydroxyl groups excluding tert-OH is 1. The highest BCUT2D eigenvalue weighted by Gasteiger charge is 2.09. The first kappa shape index (κ1) is 21.7. The first-order valence-corrected chi connectivity index (χ1v) is 10.6. The van der Waals surface area contributed by atoms with Gasteiger partial charge in [-0.05, 0) is 56.5 Å². The molecule has 1 aromatic heterocycles. The summed E-state index contributed by atoms with van der Waals surface area (Å²) in [7, 11) is 0. The summed E-state index contributed by atoms with van der Waals surface area (Å²) in [6.45, 7) is 7.81. The quantitative estimate of drug-likeness (QED) is 0.321. The first-order valence-electron chi connectivity index (χ1n) is 10.6. The molecule has 1 atom stereocenters. The van der Waals surface area contributed by atoms with Crippen LogP contribution in [0.3, 0.4) is 0 Å². The lowest BCUT2D eigenvalue weighted by Crippen LogP contribution is -2.38. The van der Waals surface area contributed by atoms with Crippen LogP contribution in [0, 0.1) is 0 Å². The predicted octanol–water partition coefficient (Wildman–Crippen LogP) is 3.79. The summed E-state index contributed by atoms with van der Waals surface area (Å²) in [5.41, 5.74) is 3.25. The van der Waals surface area contributed by atoms with Crippen molar-refractivity contribution in [2.24, 2.45) is 4.99 Å². The van der Waals surface area contributed by atoms with Crippen molar-refractivity contribution in [1.82, 2.24) is 15.6 Å². The lowest BCUT2D eigenvalue weighted by Gasteiger charge is -2.14. The van der Waals surface area contributed by atoms with Crippen LogP contribution in [0.5, 0.6) is 5.75 Å². The van der Waals surface area contributed by atoms with Crippen molar-refractivity contribution in [3.05, 3.63) is 65.9 Å². The Balaban J connectivity index is 1.54. The highest BCUT2D eigenvalue weighted by atomic mass is 16.5. The number of aromatic nitrogens is 1. The van der Waals surface area contributed by atoms with Crippen LogP contribution in [-0.4, -0.2) is 41.8 Å². The molecule has 0 bridgehead atoms. The van der Waals surface area contributed by atoms with E-state index in [1.807, 2.05) is 51.1 Å². The summed E-state index contributed by atoms with van der Waals surface area (Å²) in [5, 5.41) is 18.3. The largest absolute Gasteiger partial charge is 0.491 e. The van der Waals surface area contributed by atoms with E-state index >= 15 is 0 Å². The summed E-state index contributed by atoms with van der Waals surface area (Å²) >= 11 is 0. The summed E-state index contributed by atoms with van der Waals surface area (Å²) in [6.07, 6.45) is 2.41. The number of fused-ring (bicyclic) bond motifs is 1. The van der Waals surface area contributed by atoms with Crippen LogP contribution in [0.4, 0.5) is 0 Å². The highest BCUT2D eigenvalue weighted by Crippen LogP contribution is 2.19. The lowest BCUT2D eigenvalue weighted by atomic mass is 10.1. The molecule has 4 N–H and O–H groups in total. The van der Waals surface area contributed by atoms with E-state index in [1.165, 1.54) is 10.9 Å². The molecule has 0 radical (unpaired) electrons. The fourth-order valence-corrected chi connectivity index (χ4v) is 3.32. The number of para-hydroxylation sites is 1. The Hall–Kier alpha value is -2.99. The molecular formula is C24H32N4O2. The Labute approximate surface area is 178 Å². The van der Waals surface area contributed by atoms with E-state index in [0.717, 1.165) is 36.3 Å². The molecule has 0 spiro atoms. The summed E-state index contributed by atoms with van der Waals surface area (Å²) < 4.78 is 5.65. The summed E-state index contributed by atoms with van der Waals surface area (Å²) in [6, 6.07) is 15.8. The number of aromatic amines is 1. The van der Waals surface area contributed by atoms with Gasteiger partial charge in [-0.2, -0.15) is 0 Å². The van der Waals surface area contributed by atoms with Crippen molar-refractivity contribution < 1.29 is 9.84 Å². The van der Waals surface area contributed by atoms with Crippen LogP contribution in [0.1, 0.15) is 38.0 Å². The Kier molecular flexibility index (Phi) is 7.74. The Morgan fingerprint density at radius 3 is 2.60 bits per heavy atom. The molecule has 30 heavy (non-hydrogen) atoms. The second kappa shape index (κ2) is 10.7. The number of rotatable bonds is 9. The first-order chi connectivity index (χ1) is 14.6. The Morgan fingerprint density at radius 1 is 1.10 bits per heavy atom. The third kappa shape index (κ3) is 6.00. The van der Waals surface area contributed by atoms with Gasteiger partial charge in [-0.3, -0.25) is 4.99 Å². The van der Waals surface area contributed by atoms with Crippen molar-refractivity contribution >= 4 is 16.9 Å². The smallest absolute Gasteiger partial charge is 0.191 e. The van der Waals surface area contributed by atoms with Gasteiger partial charge in [-0.25, -0.2) is 0 Å². The zero-order valence-corrected chi connectivity index (χ0v) is 18.0. The van der Waals surface area contributed by atoms with Crippen LogP contribution in [0.2, 0.25) is 0 Å². The molecule has 0 aliphatic heterocycles. The molecule has 3 rings (SSSR count). The minimum Gasteiger partial charge on any atom is -0.491 e. The van der Waals surface area contributed by atoms with Crippen LogP contribution >= 0.6 is 0 Å². The maximum Gasteiger partial charge on any atom is 0.191 e. The molecule has 3 aromatic rings. The normalized spacial score (nSPS) is 12.9. The van der Waals surface area contributed by atoms with Gasteiger partial charge >= 0.3 is 0 Å². The van der Waals surface area contributed by atoms with E-state index in [4.69, 9.17) is 4.74 Å². The molecular weight excluding hydrogens is 376 g/mol. The maximum atomic E-state index is 10.5. The van der Waals surface area contributed by atoms with Gasteiger partial charge in [0, 0.05) is 30.2 Å². The van der Waals surface area contributed by atoms with Crippen LogP contribution in [0.15, 0.2) is 59.7 Å². The van der Waals surface area contributed by atoms with Gasteiger partial charge < -0.3 is 25.5 Å². The average molecular weight is 409 g/mol. The molecule has 0 saturated carbocycles. The van der Waals surface area contributed by atoms with E-state index in [9.17, 15) is 5.11 Å². The van der Waals surface area contributed by atoms with Crippen LogP contribution in [0.25, 0.3) is 10.9 Å². The van der Waals surface area contributed by atoms with Crippen LogP contribution < -0.4 is 15.4 Å². The molecule has 1 unspecified atom stereocenters. The summed E-state index contributed by atoms with van der Waals surface area (Å²) in [4.78, 5) is 7.86. The summed E-state index contributed by atoms with van der Waals surface area (Å²) in [5.74, 6) is 1.51. The van der Waals surface area contributed by atoms with Crippen molar-refractivity contribution in [1.29, 1.82) is 0 Å². The standard InChI is InChI=1S/C24H32N4O2/c1-4-25-24(26-14-13-19-15-27-22-8-6-5-7-21(19)22)28-16-23(29)18-9-11-20(12-10-18)30-17(2)3/h5-12,15,17,23,27,29H,4,13-14,16H2,1-3H3,(H2,25,26,28). The van der Waals surface area contributed by atoms with Gasteiger partial charge in [0.1, 0.15) is 5.75 Å². The number of nitrogens with one attached hydrogen (secondary N) is 3. The maximum absolute atomic E-state index is 10.5. The molecule has 0 amide bonds. The Morgan fingerprint density at radius 2 is 1.87 bits per heavy atom. The third-order valence-electron chi connectivity index (χ3n) is 4.76. The number of ether oxygens (including phenoxy) is 1. The monoisotopic (exact) mass is 408 g/mol. The van der Waals surface area contributed by atoms with Crippen LogP contribution in [-0.2, 0) is 6.42 Å². The zero-order chi connectivity index (χ0) is 21.3. The molecule has 6 nitrogen and oxygen atoms in total. The molecule has 1 heterocycles. The van der Waals surface area contributed by atoms with Gasteiger partial charge in [0.2, 0.25) is 0 Å². The molecule has 2 aromatic carbocycles. The fourth-order valence-electron chi connectivity index (χ4n) is 3.32. The third-order valence-corrected chi connectivity index (χ3v) is 4.76. The zero-order valence-electron chi connectivity index (χ0n) is 18.0. The van der Waals surface area contributed by atoms with E-state index < -0.39 is 6.10 Å². The Bertz CT molecular complexity index is 947. The lowest BCUT2D eigenvalue weighted by molar-refractivity contribution is 0.186. The molecule has 6 heteroatoms. The predicted molar refractivity (Wildman–Crippen MR) is 123 cm³/mol. The van der Waals surface area contributed by atoms with E-state index in [1.54, 1.807) is 0 Å². The van der Waals surface area contributed by atoms with Crippen molar-refractivity contribution in [3.63, 3.8) is 0 Å². The highest BCUT2D eigenvalue weighted by molar-refractivity contribution is 5.83. The molecule has 0 aliphatic carbocycles. The van der Waals surface area contributed by atoms with Gasteiger partial charge in [-0.15, -0.1) is 0 Å². The molecule has 160 valence electrons. The number of aliphatic hydroxyl groups is 1.